The molecule has 3 heterocycles. The van der Waals surface area contributed by atoms with Crippen LogP contribution in [0.2, 0.25) is 0 Å². The van der Waals surface area contributed by atoms with E-state index in [-0.39, 0.29) is 24.7 Å². The second-order valence-electron chi connectivity index (χ2n) is 9.57. The summed E-state index contributed by atoms with van der Waals surface area (Å²) < 4.78 is 13.0. The molecule has 0 atom stereocenters. The van der Waals surface area contributed by atoms with E-state index in [9.17, 15) is 9.90 Å². The van der Waals surface area contributed by atoms with E-state index in [2.05, 4.69) is 29.1 Å². The maximum Gasteiger partial charge on any atom is 0.410 e. The van der Waals surface area contributed by atoms with Crippen LogP contribution in [0.25, 0.3) is 22.3 Å². The van der Waals surface area contributed by atoms with E-state index in [1.54, 1.807) is 4.90 Å². The monoisotopic (exact) mass is 441 g/mol. The average molecular weight is 442 g/mol. The molecule has 1 fully saturated rings. The third-order valence-electron chi connectivity index (χ3n) is 5.62. The molecule has 0 aliphatic carbocycles. The van der Waals surface area contributed by atoms with Gasteiger partial charge in [-0.15, -0.1) is 0 Å². The molecule has 9 nitrogen and oxygen atoms in total. The third kappa shape index (κ3) is 4.48. The SMILES string of the molecule is CC(C)n1nc(CO)c2ccc(-c3noc(C4CCN(C(=O)OC(C)(C)C)CC4)n3)cc21. The first-order chi connectivity index (χ1) is 15.2. The van der Waals surface area contributed by atoms with E-state index in [1.807, 2.05) is 43.7 Å². The molecule has 0 saturated carbocycles. The van der Waals surface area contributed by atoms with Gasteiger partial charge in [0.05, 0.1) is 17.8 Å². The largest absolute Gasteiger partial charge is 0.444 e. The molecule has 1 aromatic carbocycles. The highest BCUT2D eigenvalue weighted by atomic mass is 16.6. The Hall–Kier alpha value is -2.94. The van der Waals surface area contributed by atoms with E-state index < -0.39 is 5.60 Å². The number of aromatic nitrogens is 4. The number of aliphatic hydroxyl groups excluding tert-OH is 1. The molecule has 0 spiro atoms. The number of benzene rings is 1. The number of fused-ring (bicyclic) bond motifs is 1. The normalized spacial score (nSPS) is 15.7. The number of carbonyl (C=O) groups is 1. The van der Waals surface area contributed by atoms with Crippen molar-refractivity contribution in [2.45, 2.75) is 71.6 Å². The summed E-state index contributed by atoms with van der Waals surface area (Å²) in [6, 6.07) is 6.01. The van der Waals surface area contributed by atoms with Crippen molar-refractivity contribution in [3.05, 3.63) is 29.8 Å². The van der Waals surface area contributed by atoms with Crippen molar-refractivity contribution in [1.29, 1.82) is 0 Å². The summed E-state index contributed by atoms with van der Waals surface area (Å²) in [6.07, 6.45) is 1.22. The Morgan fingerprint density at radius 3 is 2.62 bits per heavy atom. The highest BCUT2D eigenvalue weighted by Crippen LogP contribution is 2.31. The molecule has 32 heavy (non-hydrogen) atoms. The van der Waals surface area contributed by atoms with Crippen LogP contribution in [-0.2, 0) is 11.3 Å². The summed E-state index contributed by atoms with van der Waals surface area (Å²) in [5.41, 5.74) is 1.92. The van der Waals surface area contributed by atoms with Gasteiger partial charge in [0.15, 0.2) is 0 Å². The number of rotatable bonds is 4. The van der Waals surface area contributed by atoms with Crippen LogP contribution < -0.4 is 0 Å². The molecule has 3 aromatic rings. The minimum absolute atomic E-state index is 0.107. The molecule has 0 bridgehead atoms. The average Bonchev–Trinajstić information content (AvgIpc) is 3.37. The van der Waals surface area contributed by atoms with E-state index in [1.165, 1.54) is 0 Å². The first-order valence-corrected chi connectivity index (χ1v) is 11.1. The van der Waals surface area contributed by atoms with Gasteiger partial charge in [0, 0.05) is 36.0 Å². The summed E-state index contributed by atoms with van der Waals surface area (Å²) in [5, 5.41) is 19.3. The van der Waals surface area contributed by atoms with Gasteiger partial charge in [-0.05, 0) is 53.5 Å². The number of likely N-dealkylation sites (tertiary alicyclic amines) is 1. The molecular formula is C23H31N5O4. The fraction of sp³-hybridized carbons (Fsp3) is 0.565. The Kier molecular flexibility index (Phi) is 5.94. The lowest BCUT2D eigenvalue weighted by atomic mass is 9.97. The lowest BCUT2D eigenvalue weighted by Gasteiger charge is -2.32. The van der Waals surface area contributed by atoms with Crippen molar-refractivity contribution in [3.8, 4) is 11.4 Å². The van der Waals surface area contributed by atoms with Crippen LogP contribution in [0.15, 0.2) is 22.7 Å². The van der Waals surface area contributed by atoms with E-state index in [0.29, 0.717) is 30.5 Å². The van der Waals surface area contributed by atoms with Gasteiger partial charge in [-0.1, -0.05) is 17.3 Å². The highest BCUT2D eigenvalue weighted by Gasteiger charge is 2.30. The zero-order valence-corrected chi connectivity index (χ0v) is 19.3. The van der Waals surface area contributed by atoms with Crippen LogP contribution in [0, 0.1) is 0 Å². The third-order valence-corrected chi connectivity index (χ3v) is 5.62. The van der Waals surface area contributed by atoms with Crippen molar-refractivity contribution in [2.75, 3.05) is 13.1 Å². The van der Waals surface area contributed by atoms with Crippen LogP contribution in [0.3, 0.4) is 0 Å². The Morgan fingerprint density at radius 2 is 2.00 bits per heavy atom. The predicted molar refractivity (Wildman–Crippen MR) is 119 cm³/mol. The Morgan fingerprint density at radius 1 is 1.28 bits per heavy atom. The maximum absolute atomic E-state index is 12.3. The molecule has 1 saturated heterocycles. The molecule has 1 aliphatic heterocycles. The summed E-state index contributed by atoms with van der Waals surface area (Å²) in [7, 11) is 0. The first-order valence-electron chi connectivity index (χ1n) is 11.1. The van der Waals surface area contributed by atoms with Crippen LogP contribution >= 0.6 is 0 Å². The van der Waals surface area contributed by atoms with Crippen molar-refractivity contribution in [3.63, 3.8) is 0 Å². The standard InChI is InChI=1S/C23H31N5O4/c1-14(2)28-19-12-16(6-7-17(19)18(13-29)25-28)20-24-21(32-26-20)15-8-10-27(11-9-15)22(30)31-23(3,4)5/h6-7,12,14-15,29H,8-11,13H2,1-5H3. The molecule has 1 N–H and O–H groups in total. The molecule has 172 valence electrons. The van der Waals surface area contributed by atoms with E-state index >= 15 is 0 Å². The summed E-state index contributed by atoms with van der Waals surface area (Å²) in [5.74, 6) is 1.23. The van der Waals surface area contributed by atoms with Crippen LogP contribution in [0.1, 0.15) is 71.0 Å². The Labute approximate surface area is 187 Å². The number of amides is 1. The zero-order chi connectivity index (χ0) is 23.0. The molecule has 4 rings (SSSR count). The molecule has 0 radical (unpaired) electrons. The zero-order valence-electron chi connectivity index (χ0n) is 19.3. The van der Waals surface area contributed by atoms with Crippen molar-refractivity contribution in [1.82, 2.24) is 24.8 Å². The number of ether oxygens (including phenoxy) is 1. The fourth-order valence-corrected chi connectivity index (χ4v) is 4.01. The van der Waals surface area contributed by atoms with Gasteiger partial charge >= 0.3 is 6.09 Å². The smallest absolute Gasteiger partial charge is 0.410 e. The van der Waals surface area contributed by atoms with Crippen LogP contribution in [0.4, 0.5) is 4.79 Å². The van der Waals surface area contributed by atoms with Gasteiger partial charge in [0.2, 0.25) is 11.7 Å². The van der Waals surface area contributed by atoms with Crippen LogP contribution in [-0.4, -0.2) is 54.7 Å². The lowest BCUT2D eigenvalue weighted by molar-refractivity contribution is 0.0198. The predicted octanol–water partition coefficient (Wildman–Crippen LogP) is 4.27. The number of hydrogen-bond acceptors (Lipinski definition) is 7. The maximum atomic E-state index is 12.3. The quantitative estimate of drug-likeness (QED) is 0.644. The number of piperidine rings is 1. The van der Waals surface area contributed by atoms with E-state index in [0.717, 1.165) is 29.3 Å². The molecule has 1 aliphatic rings. The second kappa shape index (κ2) is 8.54. The molecular weight excluding hydrogens is 410 g/mol. The minimum Gasteiger partial charge on any atom is -0.444 e. The summed E-state index contributed by atoms with van der Waals surface area (Å²) in [6.45, 7) is 10.8. The summed E-state index contributed by atoms with van der Waals surface area (Å²) >= 11 is 0. The van der Waals surface area contributed by atoms with Gasteiger partial charge < -0.3 is 19.3 Å². The Balaban J connectivity index is 1.49. The van der Waals surface area contributed by atoms with Gasteiger partial charge in [-0.25, -0.2) is 4.79 Å². The van der Waals surface area contributed by atoms with Gasteiger partial charge in [0.1, 0.15) is 5.60 Å². The topological polar surface area (TPSA) is 107 Å². The number of nitrogens with zero attached hydrogens (tertiary/aromatic N) is 5. The number of carbonyl (C=O) groups excluding carboxylic acids is 1. The van der Waals surface area contributed by atoms with Gasteiger partial charge in [0.25, 0.3) is 0 Å². The molecule has 1 amide bonds. The van der Waals surface area contributed by atoms with Crippen molar-refractivity contribution >= 4 is 17.0 Å². The molecule has 9 heteroatoms. The van der Waals surface area contributed by atoms with Crippen molar-refractivity contribution < 1.29 is 19.2 Å². The Bertz CT molecular complexity index is 1100. The first kappa shape index (κ1) is 22.3. The number of aliphatic hydroxyl groups is 1. The van der Waals surface area contributed by atoms with Crippen LogP contribution in [0.5, 0.6) is 0 Å². The fourth-order valence-electron chi connectivity index (χ4n) is 4.01. The highest BCUT2D eigenvalue weighted by molar-refractivity contribution is 5.86. The van der Waals surface area contributed by atoms with Gasteiger partial charge in [-0.2, -0.15) is 10.1 Å². The lowest BCUT2D eigenvalue weighted by Crippen LogP contribution is -2.41. The second-order valence-corrected chi connectivity index (χ2v) is 9.57. The van der Waals surface area contributed by atoms with Gasteiger partial charge in [-0.3, -0.25) is 4.68 Å². The summed E-state index contributed by atoms with van der Waals surface area (Å²) in [4.78, 5) is 18.7. The molecule has 2 aromatic heterocycles. The number of hydrogen-bond donors (Lipinski definition) is 1. The molecule has 0 unspecified atom stereocenters. The minimum atomic E-state index is -0.501. The van der Waals surface area contributed by atoms with Crippen molar-refractivity contribution in [2.24, 2.45) is 0 Å². The van der Waals surface area contributed by atoms with E-state index in [4.69, 9.17) is 9.26 Å².